The molecule has 0 amide bonds. The van der Waals surface area contributed by atoms with Crippen molar-refractivity contribution in [2.24, 2.45) is 0 Å². The molecule has 0 aliphatic heterocycles. The van der Waals surface area contributed by atoms with Gasteiger partial charge in [-0.1, -0.05) is 12.1 Å². The van der Waals surface area contributed by atoms with Crippen molar-refractivity contribution in [3.05, 3.63) is 69.3 Å². The second-order valence-corrected chi connectivity index (χ2v) is 4.92. The molecule has 2 aromatic rings. The smallest absolute Gasteiger partial charge is 0.269 e. The molecule has 21 heavy (non-hydrogen) atoms. The van der Waals surface area contributed by atoms with E-state index < -0.39 is 4.92 Å². The van der Waals surface area contributed by atoms with Crippen molar-refractivity contribution < 1.29 is 14.5 Å². The fourth-order valence-electron chi connectivity index (χ4n) is 2.47. The van der Waals surface area contributed by atoms with Crippen LogP contribution in [0.1, 0.15) is 27.9 Å². The summed E-state index contributed by atoms with van der Waals surface area (Å²) in [4.78, 5) is 21.8. The van der Waals surface area contributed by atoms with Crippen molar-refractivity contribution in [2.45, 2.75) is 19.4 Å². The minimum atomic E-state index is -0.430. The predicted molar refractivity (Wildman–Crippen MR) is 76.5 cm³/mol. The topological polar surface area (TPSA) is 69.4 Å². The molecule has 0 unspecified atom stereocenters. The first-order chi connectivity index (χ1) is 10.1. The summed E-state index contributed by atoms with van der Waals surface area (Å²) in [6, 6.07) is 11.7. The Hall–Kier alpha value is -2.69. The van der Waals surface area contributed by atoms with Crippen LogP contribution >= 0.6 is 0 Å². The first-order valence-electron chi connectivity index (χ1n) is 6.66. The van der Waals surface area contributed by atoms with Crippen LogP contribution in [0.2, 0.25) is 0 Å². The third kappa shape index (κ3) is 2.63. The number of ether oxygens (including phenoxy) is 1. The van der Waals surface area contributed by atoms with E-state index in [4.69, 9.17) is 4.74 Å². The molecule has 0 radical (unpaired) electrons. The average Bonchev–Trinajstić information content (AvgIpc) is 2.88. The standard InChI is InChI=1S/C16H13NO4/c18-15-9-8-14-13(15)2-1-3-16(14)21-10-11-4-6-12(7-5-11)17(19)20/h1-7H,8-10H2. The SMILES string of the molecule is O=C1CCc2c(OCc3ccc([N+](=O)[O-])cc3)cccc21. The van der Waals surface area contributed by atoms with Crippen LogP contribution in [0.25, 0.3) is 0 Å². The highest BCUT2D eigenvalue weighted by Gasteiger charge is 2.22. The molecule has 5 heteroatoms. The quantitative estimate of drug-likeness (QED) is 0.637. The van der Waals surface area contributed by atoms with Crippen molar-refractivity contribution >= 4 is 11.5 Å². The van der Waals surface area contributed by atoms with Crippen LogP contribution < -0.4 is 4.74 Å². The number of fused-ring (bicyclic) bond motifs is 1. The van der Waals surface area contributed by atoms with Gasteiger partial charge in [-0.25, -0.2) is 0 Å². The van der Waals surface area contributed by atoms with Crippen molar-refractivity contribution in [1.82, 2.24) is 0 Å². The third-order valence-corrected chi connectivity index (χ3v) is 3.58. The number of ketones is 1. The molecule has 5 nitrogen and oxygen atoms in total. The van der Waals surface area contributed by atoms with E-state index >= 15 is 0 Å². The monoisotopic (exact) mass is 283 g/mol. The predicted octanol–water partition coefficient (Wildman–Crippen LogP) is 3.30. The number of carbonyl (C=O) groups excluding carboxylic acids is 1. The molecule has 0 spiro atoms. The van der Waals surface area contributed by atoms with Gasteiger partial charge in [0.15, 0.2) is 5.78 Å². The molecule has 2 aromatic carbocycles. The summed E-state index contributed by atoms with van der Waals surface area (Å²) in [6.45, 7) is 0.322. The normalized spacial score (nSPS) is 13.0. The minimum Gasteiger partial charge on any atom is -0.489 e. The van der Waals surface area contributed by atoms with Gasteiger partial charge in [0.05, 0.1) is 4.92 Å². The van der Waals surface area contributed by atoms with Crippen LogP contribution in [0.5, 0.6) is 5.75 Å². The molecule has 0 bridgehead atoms. The minimum absolute atomic E-state index is 0.0601. The van der Waals surface area contributed by atoms with Gasteiger partial charge in [0.1, 0.15) is 12.4 Å². The maximum atomic E-state index is 11.7. The Labute approximate surface area is 121 Å². The zero-order chi connectivity index (χ0) is 14.8. The zero-order valence-electron chi connectivity index (χ0n) is 11.2. The van der Waals surface area contributed by atoms with Crippen LogP contribution in [0.15, 0.2) is 42.5 Å². The molecule has 0 saturated heterocycles. The van der Waals surface area contributed by atoms with E-state index in [9.17, 15) is 14.9 Å². The molecule has 0 saturated carbocycles. The number of nitrogens with zero attached hydrogens (tertiary/aromatic N) is 1. The van der Waals surface area contributed by atoms with Gasteiger partial charge < -0.3 is 4.74 Å². The van der Waals surface area contributed by atoms with Crippen LogP contribution in [-0.4, -0.2) is 10.7 Å². The van der Waals surface area contributed by atoms with Gasteiger partial charge in [-0.05, 0) is 30.2 Å². The van der Waals surface area contributed by atoms with E-state index in [2.05, 4.69) is 0 Å². The maximum Gasteiger partial charge on any atom is 0.269 e. The molecule has 106 valence electrons. The number of benzene rings is 2. The first-order valence-corrected chi connectivity index (χ1v) is 6.66. The molecule has 0 aromatic heterocycles. The van der Waals surface area contributed by atoms with E-state index in [0.29, 0.717) is 19.4 Å². The highest BCUT2D eigenvalue weighted by molar-refractivity contribution is 6.01. The summed E-state index contributed by atoms with van der Waals surface area (Å²) in [5, 5.41) is 10.6. The number of hydrogen-bond donors (Lipinski definition) is 0. The second-order valence-electron chi connectivity index (χ2n) is 4.92. The summed E-state index contributed by atoms with van der Waals surface area (Å²) in [5.74, 6) is 0.877. The summed E-state index contributed by atoms with van der Waals surface area (Å²) in [6.07, 6.45) is 1.25. The van der Waals surface area contributed by atoms with E-state index in [1.165, 1.54) is 12.1 Å². The number of Topliss-reactive ketones (excluding diaryl/α,β-unsaturated/α-hetero) is 1. The Morgan fingerprint density at radius 2 is 1.86 bits per heavy atom. The molecule has 0 heterocycles. The number of non-ortho nitro benzene ring substituents is 1. The lowest BCUT2D eigenvalue weighted by atomic mass is 10.1. The highest BCUT2D eigenvalue weighted by Crippen LogP contribution is 2.31. The number of hydrogen-bond acceptors (Lipinski definition) is 4. The summed E-state index contributed by atoms with van der Waals surface area (Å²) in [7, 11) is 0. The molecular formula is C16H13NO4. The molecule has 3 rings (SSSR count). The van der Waals surface area contributed by atoms with Gasteiger partial charge in [-0.2, -0.15) is 0 Å². The number of carbonyl (C=O) groups is 1. The Morgan fingerprint density at radius 3 is 2.57 bits per heavy atom. The van der Waals surface area contributed by atoms with E-state index in [1.807, 2.05) is 18.2 Å². The van der Waals surface area contributed by atoms with Crippen molar-refractivity contribution in [1.29, 1.82) is 0 Å². The lowest BCUT2D eigenvalue weighted by Gasteiger charge is -2.10. The van der Waals surface area contributed by atoms with Crippen molar-refractivity contribution in [3.63, 3.8) is 0 Å². The van der Waals surface area contributed by atoms with E-state index in [1.54, 1.807) is 12.1 Å². The van der Waals surface area contributed by atoms with E-state index in [-0.39, 0.29) is 11.5 Å². The highest BCUT2D eigenvalue weighted by atomic mass is 16.6. The molecule has 1 aliphatic rings. The second kappa shape index (κ2) is 5.36. The Morgan fingerprint density at radius 1 is 1.10 bits per heavy atom. The number of rotatable bonds is 4. The van der Waals surface area contributed by atoms with Gasteiger partial charge in [-0.15, -0.1) is 0 Å². The van der Waals surface area contributed by atoms with Gasteiger partial charge in [0, 0.05) is 29.7 Å². The van der Waals surface area contributed by atoms with Crippen LogP contribution in [0.4, 0.5) is 5.69 Å². The molecular weight excluding hydrogens is 270 g/mol. The van der Waals surface area contributed by atoms with Gasteiger partial charge in [0.2, 0.25) is 0 Å². The fraction of sp³-hybridized carbons (Fsp3) is 0.188. The molecule has 1 aliphatic carbocycles. The summed E-state index contributed by atoms with van der Waals surface area (Å²) >= 11 is 0. The van der Waals surface area contributed by atoms with Crippen LogP contribution in [0.3, 0.4) is 0 Å². The Bertz CT molecular complexity index is 707. The van der Waals surface area contributed by atoms with Crippen LogP contribution in [-0.2, 0) is 13.0 Å². The molecule has 0 atom stereocenters. The van der Waals surface area contributed by atoms with E-state index in [0.717, 1.165) is 22.4 Å². The average molecular weight is 283 g/mol. The zero-order valence-corrected chi connectivity index (χ0v) is 11.2. The van der Waals surface area contributed by atoms with Gasteiger partial charge in [-0.3, -0.25) is 14.9 Å². The largest absolute Gasteiger partial charge is 0.489 e. The van der Waals surface area contributed by atoms with Crippen molar-refractivity contribution in [3.8, 4) is 5.75 Å². The lowest BCUT2D eigenvalue weighted by Crippen LogP contribution is -1.99. The first kappa shape index (κ1) is 13.3. The Kier molecular flexibility index (Phi) is 3.39. The summed E-state index contributed by atoms with van der Waals surface area (Å²) in [5.41, 5.74) is 2.62. The fourth-order valence-corrected chi connectivity index (χ4v) is 2.47. The Balaban J connectivity index is 1.74. The maximum absolute atomic E-state index is 11.7. The number of nitro groups is 1. The molecule has 0 N–H and O–H groups in total. The van der Waals surface area contributed by atoms with Crippen LogP contribution in [0, 0.1) is 10.1 Å². The third-order valence-electron chi connectivity index (χ3n) is 3.58. The lowest BCUT2D eigenvalue weighted by molar-refractivity contribution is -0.384. The van der Waals surface area contributed by atoms with Gasteiger partial charge in [0.25, 0.3) is 5.69 Å². The molecule has 0 fully saturated rings. The van der Waals surface area contributed by atoms with Crippen molar-refractivity contribution in [2.75, 3.05) is 0 Å². The summed E-state index contributed by atoms with van der Waals surface area (Å²) < 4.78 is 5.76. The number of nitro benzene ring substituents is 1. The van der Waals surface area contributed by atoms with Gasteiger partial charge >= 0.3 is 0 Å².